The number of amides is 1. The van der Waals surface area contributed by atoms with Crippen molar-refractivity contribution in [3.8, 4) is 5.75 Å². The quantitative estimate of drug-likeness (QED) is 0.657. The Morgan fingerprint density at radius 1 is 1.21 bits per heavy atom. The van der Waals surface area contributed by atoms with E-state index in [0.717, 1.165) is 6.07 Å². The van der Waals surface area contributed by atoms with Crippen molar-refractivity contribution >= 4 is 12.1 Å². The minimum atomic E-state index is -4.61. The number of hydrazone groups is 1. The maximum Gasteiger partial charge on any atom is 0.417 e. The monoisotopic (exact) mass is 339 g/mol. The number of benzene rings is 1. The van der Waals surface area contributed by atoms with Crippen LogP contribution in [0.25, 0.3) is 0 Å². The number of phenols is 1. The Kier molecular flexibility index (Phi) is 5.02. The van der Waals surface area contributed by atoms with Gasteiger partial charge in [0.25, 0.3) is 11.5 Å². The zero-order chi connectivity index (χ0) is 17.7. The molecule has 0 fully saturated rings. The van der Waals surface area contributed by atoms with Gasteiger partial charge in [0.15, 0.2) is 0 Å². The standard InChI is InChI=1S/C15H12F3N3O3/c16-15(17,18)11-3-6-14(24)21(8-11)9-13(23)20-19-7-10-1-4-12(22)5-2-10/h1-8,22H,9H2,(H,20,23). The van der Waals surface area contributed by atoms with Gasteiger partial charge in [-0.05, 0) is 35.9 Å². The molecule has 2 N–H and O–H groups in total. The van der Waals surface area contributed by atoms with Crippen LogP contribution in [0.4, 0.5) is 13.2 Å². The summed E-state index contributed by atoms with van der Waals surface area (Å²) < 4.78 is 38.4. The first-order valence-electron chi connectivity index (χ1n) is 6.64. The number of rotatable bonds is 4. The van der Waals surface area contributed by atoms with Gasteiger partial charge in [0, 0.05) is 12.3 Å². The molecule has 0 aliphatic rings. The number of carbonyl (C=O) groups excluding carboxylic acids is 1. The molecule has 1 aromatic carbocycles. The van der Waals surface area contributed by atoms with Crippen molar-refractivity contribution < 1.29 is 23.1 Å². The van der Waals surface area contributed by atoms with Gasteiger partial charge in [-0.2, -0.15) is 18.3 Å². The molecular weight excluding hydrogens is 327 g/mol. The highest BCUT2D eigenvalue weighted by atomic mass is 19.4. The van der Waals surface area contributed by atoms with Gasteiger partial charge in [0.1, 0.15) is 12.3 Å². The van der Waals surface area contributed by atoms with Gasteiger partial charge >= 0.3 is 6.18 Å². The second-order valence-corrected chi connectivity index (χ2v) is 4.77. The van der Waals surface area contributed by atoms with Gasteiger partial charge in [0.05, 0.1) is 11.8 Å². The van der Waals surface area contributed by atoms with E-state index in [1.807, 2.05) is 0 Å². The molecule has 0 aliphatic heterocycles. The number of phenolic OH excluding ortho intramolecular Hbond substituents is 1. The molecule has 2 aromatic rings. The van der Waals surface area contributed by atoms with Crippen LogP contribution in [-0.2, 0) is 17.5 Å². The summed E-state index contributed by atoms with van der Waals surface area (Å²) >= 11 is 0. The van der Waals surface area contributed by atoms with E-state index < -0.39 is 29.8 Å². The van der Waals surface area contributed by atoms with Crippen molar-refractivity contribution in [2.75, 3.05) is 0 Å². The molecule has 0 unspecified atom stereocenters. The molecule has 6 nitrogen and oxygen atoms in total. The Morgan fingerprint density at radius 3 is 2.50 bits per heavy atom. The van der Waals surface area contributed by atoms with Crippen LogP contribution in [0.3, 0.4) is 0 Å². The first-order chi connectivity index (χ1) is 11.3. The number of carbonyl (C=O) groups is 1. The molecule has 0 atom stereocenters. The van der Waals surface area contributed by atoms with E-state index in [1.165, 1.54) is 18.3 Å². The second kappa shape index (κ2) is 6.99. The Hall–Kier alpha value is -3.10. The number of nitrogens with one attached hydrogen (secondary N) is 1. The number of hydrogen-bond acceptors (Lipinski definition) is 4. The van der Waals surface area contributed by atoms with Crippen molar-refractivity contribution in [1.29, 1.82) is 0 Å². The highest BCUT2D eigenvalue weighted by molar-refractivity contribution is 5.82. The van der Waals surface area contributed by atoms with Gasteiger partial charge < -0.3 is 9.67 Å². The van der Waals surface area contributed by atoms with Crippen molar-refractivity contribution in [2.45, 2.75) is 12.7 Å². The average molecular weight is 339 g/mol. The summed E-state index contributed by atoms with van der Waals surface area (Å²) in [5.74, 6) is -0.688. The normalized spacial score (nSPS) is 11.6. The number of halogens is 3. The van der Waals surface area contributed by atoms with Gasteiger partial charge in [-0.25, -0.2) is 5.43 Å². The smallest absolute Gasteiger partial charge is 0.417 e. The van der Waals surface area contributed by atoms with Gasteiger partial charge in [-0.3, -0.25) is 9.59 Å². The Bertz CT molecular complexity index is 811. The van der Waals surface area contributed by atoms with Crippen LogP contribution >= 0.6 is 0 Å². The number of alkyl halides is 3. The van der Waals surface area contributed by atoms with Crippen molar-refractivity contribution in [3.05, 3.63) is 64.1 Å². The zero-order valence-corrected chi connectivity index (χ0v) is 12.1. The van der Waals surface area contributed by atoms with Crippen LogP contribution in [-0.4, -0.2) is 21.8 Å². The van der Waals surface area contributed by atoms with E-state index in [1.54, 1.807) is 12.1 Å². The number of aromatic hydroxyl groups is 1. The van der Waals surface area contributed by atoms with Gasteiger partial charge in [-0.15, -0.1) is 0 Å². The molecule has 9 heteroatoms. The molecule has 0 spiro atoms. The highest BCUT2D eigenvalue weighted by Crippen LogP contribution is 2.27. The third kappa shape index (κ3) is 4.70. The zero-order valence-electron chi connectivity index (χ0n) is 12.1. The summed E-state index contributed by atoms with van der Waals surface area (Å²) in [4.78, 5) is 23.2. The fourth-order valence-corrected chi connectivity index (χ4v) is 1.75. The van der Waals surface area contributed by atoms with Crippen LogP contribution in [0, 0.1) is 0 Å². The summed E-state index contributed by atoms with van der Waals surface area (Å²) in [7, 11) is 0. The molecule has 1 heterocycles. The lowest BCUT2D eigenvalue weighted by Crippen LogP contribution is -2.30. The predicted molar refractivity (Wildman–Crippen MR) is 79.5 cm³/mol. The highest BCUT2D eigenvalue weighted by Gasteiger charge is 2.31. The van der Waals surface area contributed by atoms with E-state index in [9.17, 15) is 22.8 Å². The molecule has 0 bridgehead atoms. The minimum absolute atomic E-state index is 0.0695. The van der Waals surface area contributed by atoms with Crippen LogP contribution in [0.15, 0.2) is 52.5 Å². The minimum Gasteiger partial charge on any atom is -0.508 e. The topological polar surface area (TPSA) is 83.7 Å². The van der Waals surface area contributed by atoms with Gasteiger partial charge in [-0.1, -0.05) is 0 Å². The second-order valence-electron chi connectivity index (χ2n) is 4.77. The first kappa shape index (κ1) is 17.3. The molecule has 0 radical (unpaired) electrons. The fourth-order valence-electron chi connectivity index (χ4n) is 1.75. The number of pyridine rings is 1. The van der Waals surface area contributed by atoms with E-state index in [4.69, 9.17) is 5.11 Å². The lowest BCUT2D eigenvalue weighted by Gasteiger charge is -2.09. The summed E-state index contributed by atoms with van der Waals surface area (Å²) in [6.07, 6.45) is -2.75. The molecule has 1 amide bonds. The van der Waals surface area contributed by atoms with Gasteiger partial charge in [0.2, 0.25) is 0 Å². The van der Waals surface area contributed by atoms with E-state index in [-0.39, 0.29) is 5.75 Å². The van der Waals surface area contributed by atoms with Crippen LogP contribution in [0.5, 0.6) is 5.75 Å². The molecular formula is C15H12F3N3O3. The average Bonchev–Trinajstić information content (AvgIpc) is 2.50. The van der Waals surface area contributed by atoms with E-state index in [2.05, 4.69) is 10.5 Å². The molecule has 0 saturated carbocycles. The van der Waals surface area contributed by atoms with E-state index >= 15 is 0 Å². The maximum atomic E-state index is 12.6. The van der Waals surface area contributed by atoms with Crippen molar-refractivity contribution in [2.24, 2.45) is 5.10 Å². The third-order valence-electron chi connectivity index (χ3n) is 2.92. The predicted octanol–water partition coefficient (Wildman–Crippen LogP) is 1.72. The number of hydrogen-bond donors (Lipinski definition) is 2. The van der Waals surface area contributed by atoms with Crippen LogP contribution in [0.1, 0.15) is 11.1 Å². The first-order valence-corrected chi connectivity index (χ1v) is 6.64. The fraction of sp³-hybridized carbons (Fsp3) is 0.133. The molecule has 24 heavy (non-hydrogen) atoms. The number of aromatic nitrogens is 1. The molecule has 126 valence electrons. The SMILES string of the molecule is O=C(Cn1cc(C(F)(F)F)ccc1=O)NN=Cc1ccc(O)cc1. The van der Waals surface area contributed by atoms with Crippen LogP contribution < -0.4 is 11.0 Å². The van der Waals surface area contributed by atoms with Crippen LogP contribution in [0.2, 0.25) is 0 Å². The Balaban J connectivity index is 2.02. The summed E-state index contributed by atoms with van der Waals surface area (Å²) in [6.45, 7) is -0.602. The Morgan fingerprint density at radius 2 is 1.88 bits per heavy atom. The molecule has 0 saturated heterocycles. The maximum absolute atomic E-state index is 12.6. The lowest BCUT2D eigenvalue weighted by molar-refractivity contribution is -0.138. The Labute approximate surface area is 133 Å². The van der Waals surface area contributed by atoms with Crippen molar-refractivity contribution in [3.63, 3.8) is 0 Å². The van der Waals surface area contributed by atoms with Crippen molar-refractivity contribution in [1.82, 2.24) is 9.99 Å². The third-order valence-corrected chi connectivity index (χ3v) is 2.92. The summed E-state index contributed by atoms with van der Waals surface area (Å²) in [6, 6.07) is 7.33. The molecule has 2 rings (SSSR count). The summed E-state index contributed by atoms with van der Waals surface area (Å²) in [5, 5.41) is 12.7. The molecule has 0 aliphatic carbocycles. The number of nitrogens with zero attached hydrogens (tertiary/aromatic N) is 2. The largest absolute Gasteiger partial charge is 0.508 e. The lowest BCUT2D eigenvalue weighted by atomic mass is 10.2. The summed E-state index contributed by atoms with van der Waals surface area (Å²) in [5.41, 5.74) is 0.933. The molecule has 1 aromatic heterocycles. The van der Waals surface area contributed by atoms with E-state index in [0.29, 0.717) is 22.4 Å².